The van der Waals surface area contributed by atoms with Crippen LogP contribution in [0.3, 0.4) is 0 Å². The van der Waals surface area contributed by atoms with E-state index in [9.17, 15) is 19.2 Å². The molecule has 0 aromatic carbocycles. The lowest BCUT2D eigenvalue weighted by Crippen LogP contribution is -2.39. The molecule has 130 valence electrons. The van der Waals surface area contributed by atoms with Crippen LogP contribution in [0.4, 0.5) is 0 Å². The van der Waals surface area contributed by atoms with E-state index >= 15 is 0 Å². The number of rotatable bonds is 5. The molecule has 1 aliphatic heterocycles. The number of amides is 3. The van der Waals surface area contributed by atoms with Crippen LogP contribution in [0.1, 0.15) is 38.5 Å². The lowest BCUT2D eigenvalue weighted by molar-refractivity contribution is -0.155. The second kappa shape index (κ2) is 7.15. The van der Waals surface area contributed by atoms with Crippen molar-refractivity contribution in [3.63, 3.8) is 0 Å². The van der Waals surface area contributed by atoms with Crippen LogP contribution in [0.5, 0.6) is 0 Å². The number of likely N-dealkylation sites (tertiary alicyclic amines) is 1. The Balaban J connectivity index is 1.45. The highest BCUT2D eigenvalue weighted by molar-refractivity contribution is 6.07. The number of nitrogens with one attached hydrogen (secondary N) is 1. The third-order valence-corrected chi connectivity index (χ3v) is 4.97. The van der Waals surface area contributed by atoms with Crippen molar-refractivity contribution in [1.82, 2.24) is 10.2 Å². The normalized spacial score (nSPS) is 26.6. The number of imide groups is 1. The lowest BCUT2D eigenvalue weighted by Gasteiger charge is -2.15. The number of allylic oxidation sites excluding steroid dienone is 2. The fourth-order valence-electron chi connectivity index (χ4n) is 3.69. The number of ether oxygens (including phenoxy) is 1. The van der Waals surface area contributed by atoms with Gasteiger partial charge in [-0.05, 0) is 25.7 Å². The molecule has 7 nitrogen and oxygen atoms in total. The van der Waals surface area contributed by atoms with E-state index in [1.54, 1.807) is 0 Å². The highest BCUT2D eigenvalue weighted by Crippen LogP contribution is 2.34. The zero-order chi connectivity index (χ0) is 17.1. The Labute approximate surface area is 140 Å². The topological polar surface area (TPSA) is 92.8 Å². The molecule has 0 unspecified atom stereocenters. The summed E-state index contributed by atoms with van der Waals surface area (Å²) < 4.78 is 4.91. The molecule has 2 atom stereocenters. The van der Waals surface area contributed by atoms with Crippen LogP contribution in [0.15, 0.2) is 12.2 Å². The lowest BCUT2D eigenvalue weighted by atomic mass is 9.85. The van der Waals surface area contributed by atoms with Crippen molar-refractivity contribution in [2.75, 3.05) is 13.2 Å². The number of carbonyl (C=O) groups is 4. The number of esters is 1. The van der Waals surface area contributed by atoms with Crippen molar-refractivity contribution in [2.45, 2.75) is 44.6 Å². The molecule has 0 radical (unpaired) electrons. The van der Waals surface area contributed by atoms with Gasteiger partial charge in [-0.1, -0.05) is 25.0 Å². The van der Waals surface area contributed by atoms with E-state index in [4.69, 9.17) is 4.74 Å². The van der Waals surface area contributed by atoms with E-state index in [1.807, 2.05) is 12.2 Å². The van der Waals surface area contributed by atoms with Crippen molar-refractivity contribution >= 4 is 23.7 Å². The van der Waals surface area contributed by atoms with E-state index in [1.165, 1.54) is 0 Å². The van der Waals surface area contributed by atoms with Crippen LogP contribution in [-0.2, 0) is 23.9 Å². The van der Waals surface area contributed by atoms with Gasteiger partial charge in [-0.15, -0.1) is 0 Å². The highest BCUT2D eigenvalue weighted by atomic mass is 16.5. The molecule has 3 rings (SSSR count). The first-order chi connectivity index (χ1) is 11.6. The number of hydrogen-bond acceptors (Lipinski definition) is 5. The molecular weight excluding hydrogens is 312 g/mol. The maximum atomic E-state index is 12.2. The Morgan fingerprint density at radius 1 is 1.08 bits per heavy atom. The Hall–Kier alpha value is -2.18. The van der Waals surface area contributed by atoms with Crippen molar-refractivity contribution in [3.8, 4) is 0 Å². The van der Waals surface area contributed by atoms with Gasteiger partial charge in [0.1, 0.15) is 6.54 Å². The van der Waals surface area contributed by atoms with Crippen LogP contribution in [-0.4, -0.2) is 47.8 Å². The average Bonchev–Trinajstić information content (AvgIpc) is 3.16. The van der Waals surface area contributed by atoms with Crippen LogP contribution in [0.25, 0.3) is 0 Å². The maximum absolute atomic E-state index is 12.2. The molecule has 3 aliphatic rings. The summed E-state index contributed by atoms with van der Waals surface area (Å²) in [5, 5.41) is 2.81. The quantitative estimate of drug-likeness (QED) is 0.450. The molecule has 24 heavy (non-hydrogen) atoms. The molecule has 0 spiro atoms. The van der Waals surface area contributed by atoms with Gasteiger partial charge in [-0.25, -0.2) is 0 Å². The highest BCUT2D eigenvalue weighted by Gasteiger charge is 2.47. The molecule has 3 amide bonds. The molecule has 1 N–H and O–H groups in total. The van der Waals surface area contributed by atoms with Gasteiger partial charge in [0.25, 0.3) is 5.91 Å². The zero-order valence-electron chi connectivity index (χ0n) is 13.5. The zero-order valence-corrected chi connectivity index (χ0v) is 13.5. The average molecular weight is 334 g/mol. The molecule has 1 saturated heterocycles. The standard InChI is InChI=1S/C17H22N2O5/c20-14(18-11-5-1-2-6-11)10-24-15(21)9-19-16(22)12-7-3-4-8-13(12)17(19)23/h3-4,11-13H,1-2,5-10H2,(H,18,20)/t12-,13-/m1/s1. The Morgan fingerprint density at radius 2 is 1.67 bits per heavy atom. The van der Waals surface area contributed by atoms with Crippen LogP contribution < -0.4 is 5.32 Å². The number of fused-ring (bicyclic) bond motifs is 1. The fourth-order valence-corrected chi connectivity index (χ4v) is 3.69. The molecule has 1 saturated carbocycles. The first-order valence-corrected chi connectivity index (χ1v) is 8.51. The van der Waals surface area contributed by atoms with Crippen molar-refractivity contribution in [1.29, 1.82) is 0 Å². The SMILES string of the molecule is O=C(COC(=O)CN1C(=O)[C@@H]2CC=CC[C@H]2C1=O)NC1CCCC1. The predicted octanol–water partition coefficient (Wildman–Crippen LogP) is 0.540. The summed E-state index contributed by atoms with van der Waals surface area (Å²) in [6, 6.07) is 0.161. The largest absolute Gasteiger partial charge is 0.454 e. The number of hydrogen-bond donors (Lipinski definition) is 1. The van der Waals surface area contributed by atoms with Gasteiger partial charge in [-0.3, -0.25) is 24.1 Å². The second-order valence-corrected chi connectivity index (χ2v) is 6.63. The van der Waals surface area contributed by atoms with Gasteiger partial charge in [0.05, 0.1) is 11.8 Å². The van der Waals surface area contributed by atoms with Gasteiger partial charge in [0.15, 0.2) is 6.61 Å². The smallest absolute Gasteiger partial charge is 0.326 e. The Morgan fingerprint density at radius 3 is 2.25 bits per heavy atom. The first-order valence-electron chi connectivity index (χ1n) is 8.51. The van der Waals surface area contributed by atoms with E-state index < -0.39 is 12.5 Å². The van der Waals surface area contributed by atoms with Crippen LogP contribution in [0, 0.1) is 11.8 Å². The van der Waals surface area contributed by atoms with Gasteiger partial charge in [0, 0.05) is 6.04 Å². The third kappa shape index (κ3) is 3.49. The van der Waals surface area contributed by atoms with Crippen molar-refractivity contribution in [3.05, 3.63) is 12.2 Å². The molecule has 0 bridgehead atoms. The third-order valence-electron chi connectivity index (χ3n) is 4.97. The van der Waals surface area contributed by atoms with E-state index in [0.29, 0.717) is 12.8 Å². The fraction of sp³-hybridized carbons (Fsp3) is 0.647. The van der Waals surface area contributed by atoms with Crippen molar-refractivity contribution < 1.29 is 23.9 Å². The van der Waals surface area contributed by atoms with Crippen molar-refractivity contribution in [2.24, 2.45) is 11.8 Å². The Bertz CT molecular complexity index is 554. The molecule has 2 fully saturated rings. The Kier molecular flexibility index (Phi) is 4.97. The van der Waals surface area contributed by atoms with Gasteiger partial charge in [0.2, 0.25) is 11.8 Å². The molecular formula is C17H22N2O5. The van der Waals surface area contributed by atoms with Crippen LogP contribution >= 0.6 is 0 Å². The minimum Gasteiger partial charge on any atom is -0.454 e. The summed E-state index contributed by atoms with van der Waals surface area (Å²) in [6.07, 6.45) is 8.95. The van der Waals surface area contributed by atoms with E-state index in [2.05, 4.69) is 5.32 Å². The molecule has 0 aromatic rings. The summed E-state index contributed by atoms with van der Waals surface area (Å²) in [6.45, 7) is -0.790. The molecule has 7 heteroatoms. The number of carbonyl (C=O) groups excluding carboxylic acids is 4. The number of nitrogens with zero attached hydrogens (tertiary/aromatic N) is 1. The maximum Gasteiger partial charge on any atom is 0.326 e. The molecule has 2 aliphatic carbocycles. The summed E-state index contributed by atoms with van der Waals surface area (Å²) >= 11 is 0. The van der Waals surface area contributed by atoms with Gasteiger partial charge < -0.3 is 10.1 Å². The van der Waals surface area contributed by atoms with E-state index in [-0.39, 0.29) is 42.2 Å². The predicted molar refractivity (Wildman–Crippen MR) is 83.4 cm³/mol. The molecule has 1 heterocycles. The van der Waals surface area contributed by atoms with Gasteiger partial charge in [-0.2, -0.15) is 0 Å². The summed E-state index contributed by atoms with van der Waals surface area (Å²) in [5.74, 6) is -2.43. The van der Waals surface area contributed by atoms with E-state index in [0.717, 1.165) is 30.6 Å². The first kappa shape index (κ1) is 16.7. The minimum atomic E-state index is -0.732. The summed E-state index contributed by atoms with van der Waals surface area (Å²) in [5.41, 5.74) is 0. The second-order valence-electron chi connectivity index (χ2n) is 6.63. The van der Waals surface area contributed by atoms with Crippen LogP contribution in [0.2, 0.25) is 0 Å². The minimum absolute atomic E-state index is 0.161. The monoisotopic (exact) mass is 334 g/mol. The summed E-state index contributed by atoms with van der Waals surface area (Å²) in [4.78, 5) is 49.1. The van der Waals surface area contributed by atoms with Gasteiger partial charge >= 0.3 is 5.97 Å². The molecule has 0 aromatic heterocycles. The summed E-state index contributed by atoms with van der Waals surface area (Å²) in [7, 11) is 0.